The van der Waals surface area contributed by atoms with Gasteiger partial charge in [-0.1, -0.05) is 0 Å². The van der Waals surface area contributed by atoms with Gasteiger partial charge in [-0.3, -0.25) is 0 Å². The van der Waals surface area contributed by atoms with Gasteiger partial charge in [-0.25, -0.2) is 13.4 Å². The number of aryl methyl sites for hydroxylation is 2. The van der Waals surface area contributed by atoms with Gasteiger partial charge in [0.15, 0.2) is 9.84 Å². The van der Waals surface area contributed by atoms with Gasteiger partial charge in [0, 0.05) is 32.5 Å². The fourth-order valence-corrected chi connectivity index (χ4v) is 3.98. The molecule has 1 fully saturated rings. The molecule has 0 saturated carbocycles. The van der Waals surface area contributed by atoms with Gasteiger partial charge in [0.05, 0.1) is 17.2 Å². The third-order valence-electron chi connectivity index (χ3n) is 3.21. The fraction of sp³-hybridized carbons (Fsp3) is 0.750. The van der Waals surface area contributed by atoms with Crippen LogP contribution in [-0.2, 0) is 21.1 Å². The number of nitrogens with one attached hydrogen (secondary N) is 1. The van der Waals surface area contributed by atoms with Crippen molar-refractivity contribution in [3.05, 3.63) is 11.9 Å². The summed E-state index contributed by atoms with van der Waals surface area (Å²) < 4.78 is 30.0. The Labute approximate surface area is 114 Å². The van der Waals surface area contributed by atoms with Gasteiger partial charge in [-0.15, -0.1) is 0 Å². The number of rotatable bonds is 6. The third kappa shape index (κ3) is 3.94. The first-order valence-corrected chi connectivity index (χ1v) is 8.32. The molecule has 108 valence electrons. The van der Waals surface area contributed by atoms with Gasteiger partial charge in [0.2, 0.25) is 5.95 Å². The smallest absolute Gasteiger partial charge is 0.203 e. The van der Waals surface area contributed by atoms with E-state index in [1.165, 1.54) is 0 Å². The van der Waals surface area contributed by atoms with Gasteiger partial charge in [-0.2, -0.15) is 0 Å². The second-order valence-electron chi connectivity index (χ2n) is 4.99. The standard InChI is InChI=1S/C12H21N3O3S/c1-10-8-15(5-3-6-18-2)12(13-10)14-11-4-7-19(16,17)9-11/h8,11H,3-7,9H2,1-2H3,(H,13,14). The highest BCUT2D eigenvalue weighted by Gasteiger charge is 2.28. The summed E-state index contributed by atoms with van der Waals surface area (Å²) in [4.78, 5) is 4.42. The number of anilines is 1. The molecule has 0 bridgehead atoms. The van der Waals surface area contributed by atoms with Crippen LogP contribution in [0.15, 0.2) is 6.20 Å². The molecule has 0 spiro atoms. The zero-order valence-electron chi connectivity index (χ0n) is 11.4. The third-order valence-corrected chi connectivity index (χ3v) is 4.98. The van der Waals surface area contributed by atoms with Gasteiger partial charge in [0.25, 0.3) is 0 Å². The molecule has 1 saturated heterocycles. The van der Waals surface area contributed by atoms with Crippen LogP contribution in [0, 0.1) is 6.92 Å². The molecule has 0 aromatic carbocycles. The fourth-order valence-electron chi connectivity index (χ4n) is 2.30. The number of hydrogen-bond donors (Lipinski definition) is 1. The second-order valence-corrected chi connectivity index (χ2v) is 7.22. The molecule has 0 radical (unpaired) electrons. The highest BCUT2D eigenvalue weighted by Crippen LogP contribution is 2.17. The number of nitrogens with zero attached hydrogens (tertiary/aromatic N) is 2. The van der Waals surface area contributed by atoms with Crippen molar-refractivity contribution in [2.75, 3.05) is 30.5 Å². The Morgan fingerprint density at radius 1 is 1.58 bits per heavy atom. The summed E-state index contributed by atoms with van der Waals surface area (Å²) in [7, 11) is -1.18. The molecule has 2 rings (SSSR count). The van der Waals surface area contributed by atoms with Gasteiger partial charge >= 0.3 is 0 Å². The Kier molecular flexibility index (Phi) is 4.46. The number of aromatic nitrogens is 2. The summed E-state index contributed by atoms with van der Waals surface area (Å²) in [5.41, 5.74) is 0.931. The zero-order valence-corrected chi connectivity index (χ0v) is 12.2. The second kappa shape index (κ2) is 5.92. The zero-order chi connectivity index (χ0) is 13.9. The largest absolute Gasteiger partial charge is 0.385 e. The predicted molar refractivity (Wildman–Crippen MR) is 74.1 cm³/mol. The highest BCUT2D eigenvalue weighted by atomic mass is 32.2. The van der Waals surface area contributed by atoms with Crippen LogP contribution in [0.25, 0.3) is 0 Å². The molecular weight excluding hydrogens is 266 g/mol. The first-order valence-electron chi connectivity index (χ1n) is 6.50. The van der Waals surface area contributed by atoms with Crippen LogP contribution in [0.1, 0.15) is 18.5 Å². The van der Waals surface area contributed by atoms with Crippen molar-refractivity contribution in [1.82, 2.24) is 9.55 Å². The average molecular weight is 287 g/mol. The summed E-state index contributed by atoms with van der Waals surface area (Å²) in [6.45, 7) is 3.45. The van der Waals surface area contributed by atoms with E-state index in [2.05, 4.69) is 10.3 Å². The maximum Gasteiger partial charge on any atom is 0.203 e. The lowest BCUT2D eigenvalue weighted by Gasteiger charge is -2.13. The molecule has 1 aliphatic heterocycles. The monoisotopic (exact) mass is 287 g/mol. The van der Waals surface area contributed by atoms with E-state index in [-0.39, 0.29) is 17.5 Å². The average Bonchev–Trinajstić information content (AvgIpc) is 2.83. The van der Waals surface area contributed by atoms with Crippen LogP contribution < -0.4 is 5.32 Å². The number of imidazole rings is 1. The van der Waals surface area contributed by atoms with Crippen molar-refractivity contribution < 1.29 is 13.2 Å². The Hall–Kier alpha value is -1.08. The minimum Gasteiger partial charge on any atom is -0.385 e. The highest BCUT2D eigenvalue weighted by molar-refractivity contribution is 7.91. The van der Waals surface area contributed by atoms with E-state index in [1.807, 2.05) is 17.7 Å². The van der Waals surface area contributed by atoms with E-state index in [0.29, 0.717) is 13.0 Å². The van der Waals surface area contributed by atoms with Crippen LogP contribution in [0.2, 0.25) is 0 Å². The number of methoxy groups -OCH3 is 1. The first kappa shape index (κ1) is 14.3. The molecule has 1 aromatic heterocycles. The maximum absolute atomic E-state index is 11.4. The molecule has 19 heavy (non-hydrogen) atoms. The molecule has 7 heteroatoms. The Morgan fingerprint density at radius 3 is 3.00 bits per heavy atom. The minimum absolute atomic E-state index is 0.0204. The van der Waals surface area contributed by atoms with E-state index in [1.54, 1.807) is 7.11 Å². The molecular formula is C12H21N3O3S. The SMILES string of the molecule is COCCCn1cc(C)nc1NC1CCS(=O)(=O)C1. The number of ether oxygens (including phenoxy) is 1. The van der Waals surface area contributed by atoms with E-state index in [4.69, 9.17) is 4.74 Å². The van der Waals surface area contributed by atoms with Crippen LogP contribution in [0.3, 0.4) is 0 Å². The summed E-state index contributed by atoms with van der Waals surface area (Å²) in [5, 5.41) is 3.24. The normalized spacial score (nSPS) is 21.7. The molecule has 1 atom stereocenters. The van der Waals surface area contributed by atoms with Crippen molar-refractivity contribution in [2.45, 2.75) is 32.4 Å². The van der Waals surface area contributed by atoms with Gasteiger partial charge in [0.1, 0.15) is 0 Å². The van der Waals surface area contributed by atoms with Crippen LogP contribution in [-0.4, -0.2) is 49.2 Å². The molecule has 1 aromatic rings. The number of hydrogen-bond acceptors (Lipinski definition) is 5. The van der Waals surface area contributed by atoms with Crippen LogP contribution in [0.4, 0.5) is 5.95 Å². The van der Waals surface area contributed by atoms with E-state index in [0.717, 1.165) is 24.6 Å². The minimum atomic E-state index is -2.86. The summed E-state index contributed by atoms with van der Waals surface area (Å²) in [6, 6.07) is -0.0204. The van der Waals surface area contributed by atoms with E-state index >= 15 is 0 Å². The lowest BCUT2D eigenvalue weighted by atomic mass is 10.3. The quantitative estimate of drug-likeness (QED) is 0.784. The van der Waals surface area contributed by atoms with Gasteiger partial charge in [-0.05, 0) is 19.8 Å². The lowest BCUT2D eigenvalue weighted by Crippen LogP contribution is -2.23. The molecule has 0 aliphatic carbocycles. The van der Waals surface area contributed by atoms with Crippen molar-refractivity contribution in [1.29, 1.82) is 0 Å². The Bertz CT molecular complexity index is 524. The lowest BCUT2D eigenvalue weighted by molar-refractivity contribution is 0.190. The van der Waals surface area contributed by atoms with E-state index < -0.39 is 9.84 Å². The first-order chi connectivity index (χ1) is 9.00. The van der Waals surface area contributed by atoms with E-state index in [9.17, 15) is 8.42 Å². The molecule has 6 nitrogen and oxygen atoms in total. The van der Waals surface area contributed by atoms with Crippen molar-refractivity contribution >= 4 is 15.8 Å². The topological polar surface area (TPSA) is 73.2 Å². The van der Waals surface area contributed by atoms with Gasteiger partial charge < -0.3 is 14.6 Å². The molecule has 1 N–H and O–H groups in total. The molecule has 2 heterocycles. The predicted octanol–water partition coefficient (Wildman–Crippen LogP) is 0.827. The van der Waals surface area contributed by atoms with Crippen molar-refractivity contribution in [3.8, 4) is 0 Å². The maximum atomic E-state index is 11.4. The van der Waals surface area contributed by atoms with Crippen LogP contribution in [0.5, 0.6) is 0 Å². The van der Waals surface area contributed by atoms with Crippen LogP contribution >= 0.6 is 0 Å². The Balaban J connectivity index is 1.99. The molecule has 1 unspecified atom stereocenters. The van der Waals surface area contributed by atoms with Crippen molar-refractivity contribution in [3.63, 3.8) is 0 Å². The molecule has 0 amide bonds. The number of sulfone groups is 1. The van der Waals surface area contributed by atoms with Crippen molar-refractivity contribution in [2.24, 2.45) is 0 Å². The molecule has 1 aliphatic rings. The summed E-state index contributed by atoms with van der Waals surface area (Å²) in [6.07, 6.45) is 3.54. The summed E-state index contributed by atoms with van der Waals surface area (Å²) >= 11 is 0. The Morgan fingerprint density at radius 2 is 2.37 bits per heavy atom. The summed E-state index contributed by atoms with van der Waals surface area (Å²) in [5.74, 6) is 1.24.